The van der Waals surface area contributed by atoms with Crippen LogP contribution in [-0.4, -0.2) is 19.9 Å². The fraction of sp³-hybridized carbons (Fsp3) is 0.429. The Hall–Kier alpha value is -2.28. The Balaban J connectivity index is 1.84. The molecule has 110 valence electrons. The quantitative estimate of drug-likeness (QED) is 0.669. The number of aromatic nitrogens is 3. The number of hydrogen-bond acceptors (Lipinski definition) is 5. The van der Waals surface area contributed by atoms with Gasteiger partial charge in [-0.15, -0.1) is 5.10 Å². The zero-order chi connectivity index (χ0) is 14.8. The van der Waals surface area contributed by atoms with Crippen LogP contribution in [0.15, 0.2) is 24.3 Å². The van der Waals surface area contributed by atoms with Crippen LogP contribution in [0.25, 0.3) is 0 Å². The summed E-state index contributed by atoms with van der Waals surface area (Å²) in [6.45, 7) is 0.961. The molecule has 0 amide bonds. The van der Waals surface area contributed by atoms with Crippen molar-refractivity contribution in [2.45, 2.75) is 38.3 Å². The Morgan fingerprint density at radius 1 is 1.33 bits per heavy atom. The molecule has 0 unspecified atom stereocenters. The Morgan fingerprint density at radius 2 is 2.05 bits per heavy atom. The van der Waals surface area contributed by atoms with Gasteiger partial charge in [-0.05, 0) is 18.4 Å². The Kier molecular flexibility index (Phi) is 3.66. The molecule has 2 N–H and O–H groups in total. The van der Waals surface area contributed by atoms with Gasteiger partial charge in [0.2, 0.25) is 0 Å². The molecule has 0 atom stereocenters. The van der Waals surface area contributed by atoms with Crippen molar-refractivity contribution in [3.63, 3.8) is 0 Å². The first-order valence-corrected chi connectivity index (χ1v) is 7.04. The Labute approximate surface area is 121 Å². The van der Waals surface area contributed by atoms with Crippen LogP contribution in [0.2, 0.25) is 0 Å². The number of nitrogens with two attached hydrogens (primary N) is 1. The zero-order valence-electron chi connectivity index (χ0n) is 11.6. The van der Waals surface area contributed by atoms with Crippen LogP contribution >= 0.6 is 0 Å². The van der Waals surface area contributed by atoms with E-state index in [1.165, 1.54) is 18.6 Å². The van der Waals surface area contributed by atoms with Gasteiger partial charge in [0.15, 0.2) is 0 Å². The summed E-state index contributed by atoms with van der Waals surface area (Å²) in [5, 5.41) is 19.0. The molecule has 0 bridgehead atoms. The highest BCUT2D eigenvalue weighted by atomic mass is 16.6. The van der Waals surface area contributed by atoms with Crippen LogP contribution in [-0.2, 0) is 13.1 Å². The second-order valence-electron chi connectivity index (χ2n) is 5.33. The highest BCUT2D eigenvalue weighted by Gasteiger charge is 2.27. The first kappa shape index (κ1) is 13.7. The monoisotopic (exact) mass is 287 g/mol. The SMILES string of the molecule is NCc1nnn(Cc2ccc([N+](=O)[O-])cc2)c1C1CCC1. The summed E-state index contributed by atoms with van der Waals surface area (Å²) in [5.74, 6) is 0.497. The summed E-state index contributed by atoms with van der Waals surface area (Å²) < 4.78 is 1.88. The molecule has 2 aromatic rings. The maximum Gasteiger partial charge on any atom is 0.269 e. The molecule has 3 rings (SSSR count). The highest BCUT2D eigenvalue weighted by molar-refractivity contribution is 5.33. The molecule has 0 aliphatic heterocycles. The maximum absolute atomic E-state index is 10.7. The molecule has 1 heterocycles. The average molecular weight is 287 g/mol. The topological polar surface area (TPSA) is 99.9 Å². The molecule has 7 nitrogen and oxygen atoms in total. The molecule has 0 radical (unpaired) electrons. The third kappa shape index (κ3) is 2.64. The van der Waals surface area contributed by atoms with Gasteiger partial charge in [0.25, 0.3) is 5.69 Å². The second kappa shape index (κ2) is 5.61. The number of nitrogens with zero attached hydrogens (tertiary/aromatic N) is 4. The van der Waals surface area contributed by atoms with Crippen molar-refractivity contribution in [1.29, 1.82) is 0 Å². The third-order valence-electron chi connectivity index (χ3n) is 4.01. The summed E-state index contributed by atoms with van der Waals surface area (Å²) in [7, 11) is 0. The van der Waals surface area contributed by atoms with E-state index in [9.17, 15) is 10.1 Å². The van der Waals surface area contributed by atoms with Crippen molar-refractivity contribution >= 4 is 5.69 Å². The van der Waals surface area contributed by atoms with Gasteiger partial charge in [0, 0.05) is 24.6 Å². The van der Waals surface area contributed by atoms with Crippen molar-refractivity contribution in [2.24, 2.45) is 5.73 Å². The van der Waals surface area contributed by atoms with E-state index in [-0.39, 0.29) is 5.69 Å². The minimum absolute atomic E-state index is 0.0965. The van der Waals surface area contributed by atoms with Gasteiger partial charge in [-0.25, -0.2) is 4.68 Å². The molecule has 7 heteroatoms. The van der Waals surface area contributed by atoms with Gasteiger partial charge in [0.1, 0.15) is 0 Å². The summed E-state index contributed by atoms with van der Waals surface area (Å²) in [5.41, 5.74) is 8.79. The van der Waals surface area contributed by atoms with E-state index < -0.39 is 4.92 Å². The fourth-order valence-electron chi connectivity index (χ4n) is 2.64. The third-order valence-corrected chi connectivity index (χ3v) is 4.01. The van der Waals surface area contributed by atoms with Crippen LogP contribution in [0.3, 0.4) is 0 Å². The lowest BCUT2D eigenvalue weighted by Gasteiger charge is -2.26. The Morgan fingerprint density at radius 3 is 2.57 bits per heavy atom. The van der Waals surface area contributed by atoms with E-state index in [4.69, 9.17) is 5.73 Å². The van der Waals surface area contributed by atoms with E-state index in [2.05, 4.69) is 10.3 Å². The predicted octanol–water partition coefficient (Wildman–Crippen LogP) is 1.96. The summed E-state index contributed by atoms with van der Waals surface area (Å²) in [4.78, 5) is 10.3. The molecule has 1 aliphatic carbocycles. The zero-order valence-corrected chi connectivity index (χ0v) is 11.6. The number of nitro benzene ring substituents is 1. The van der Waals surface area contributed by atoms with Crippen LogP contribution in [0.1, 0.15) is 42.1 Å². The lowest BCUT2D eigenvalue weighted by Crippen LogP contribution is -2.18. The minimum atomic E-state index is -0.397. The van der Waals surface area contributed by atoms with E-state index in [0.717, 1.165) is 29.8 Å². The predicted molar refractivity (Wildman–Crippen MR) is 76.7 cm³/mol. The van der Waals surface area contributed by atoms with Crippen LogP contribution in [0.5, 0.6) is 0 Å². The molecule has 1 aromatic heterocycles. The molecule has 0 spiro atoms. The van der Waals surface area contributed by atoms with E-state index >= 15 is 0 Å². The first-order valence-electron chi connectivity index (χ1n) is 7.04. The smallest absolute Gasteiger partial charge is 0.269 e. The van der Waals surface area contributed by atoms with Gasteiger partial charge < -0.3 is 5.73 Å². The molecule has 1 aliphatic rings. The molecule has 1 saturated carbocycles. The molecule has 0 saturated heterocycles. The van der Waals surface area contributed by atoms with Crippen LogP contribution < -0.4 is 5.73 Å². The van der Waals surface area contributed by atoms with Gasteiger partial charge in [-0.2, -0.15) is 0 Å². The van der Waals surface area contributed by atoms with Gasteiger partial charge in [0.05, 0.1) is 22.9 Å². The largest absolute Gasteiger partial charge is 0.325 e. The van der Waals surface area contributed by atoms with Gasteiger partial charge in [-0.3, -0.25) is 10.1 Å². The van der Waals surface area contributed by atoms with Crippen molar-refractivity contribution in [1.82, 2.24) is 15.0 Å². The molecule has 1 fully saturated rings. The normalized spacial score (nSPS) is 14.9. The van der Waals surface area contributed by atoms with Crippen molar-refractivity contribution < 1.29 is 4.92 Å². The van der Waals surface area contributed by atoms with Gasteiger partial charge in [-0.1, -0.05) is 23.8 Å². The number of benzene rings is 1. The summed E-state index contributed by atoms with van der Waals surface area (Å²) in [6, 6.07) is 6.54. The van der Waals surface area contributed by atoms with Crippen LogP contribution in [0, 0.1) is 10.1 Å². The van der Waals surface area contributed by atoms with Crippen molar-refractivity contribution in [2.75, 3.05) is 0 Å². The van der Waals surface area contributed by atoms with E-state index in [1.54, 1.807) is 12.1 Å². The lowest BCUT2D eigenvalue weighted by atomic mass is 9.82. The second-order valence-corrected chi connectivity index (χ2v) is 5.33. The lowest BCUT2D eigenvalue weighted by molar-refractivity contribution is -0.384. The summed E-state index contributed by atoms with van der Waals surface area (Å²) >= 11 is 0. The van der Waals surface area contributed by atoms with Crippen molar-refractivity contribution in [3.8, 4) is 0 Å². The Bertz CT molecular complexity index is 646. The number of rotatable bonds is 5. The number of hydrogen-bond donors (Lipinski definition) is 1. The average Bonchev–Trinajstić information content (AvgIpc) is 2.80. The maximum atomic E-state index is 10.7. The van der Waals surface area contributed by atoms with E-state index in [0.29, 0.717) is 19.0 Å². The van der Waals surface area contributed by atoms with E-state index in [1.807, 2.05) is 4.68 Å². The highest BCUT2D eigenvalue weighted by Crippen LogP contribution is 2.37. The van der Waals surface area contributed by atoms with Gasteiger partial charge >= 0.3 is 0 Å². The molecular weight excluding hydrogens is 270 g/mol. The summed E-state index contributed by atoms with van der Waals surface area (Å²) in [6.07, 6.45) is 3.54. The number of non-ortho nitro benzene ring substituents is 1. The molecular formula is C14H17N5O2. The fourth-order valence-corrected chi connectivity index (χ4v) is 2.64. The number of nitro groups is 1. The molecule has 21 heavy (non-hydrogen) atoms. The van der Waals surface area contributed by atoms with Crippen molar-refractivity contribution in [3.05, 3.63) is 51.3 Å². The standard InChI is InChI=1S/C14H17N5O2/c15-8-13-14(11-2-1-3-11)18(17-16-13)9-10-4-6-12(7-5-10)19(20)21/h4-7,11H,1-3,8-9,15H2. The first-order chi connectivity index (χ1) is 10.2. The molecule has 1 aromatic carbocycles. The van der Waals surface area contributed by atoms with Crippen LogP contribution in [0.4, 0.5) is 5.69 Å². The minimum Gasteiger partial charge on any atom is -0.325 e.